The van der Waals surface area contributed by atoms with Gasteiger partial charge in [0.2, 0.25) is 5.91 Å². The molecule has 28 heavy (non-hydrogen) atoms. The lowest BCUT2D eigenvalue weighted by atomic mass is 10.2. The Balaban J connectivity index is 1.74. The van der Waals surface area contributed by atoms with Gasteiger partial charge in [-0.25, -0.2) is 0 Å². The van der Waals surface area contributed by atoms with Crippen LogP contribution in [0, 0.1) is 18.3 Å². The number of anilines is 1. The van der Waals surface area contributed by atoms with Crippen LogP contribution in [-0.4, -0.2) is 33.0 Å². The zero-order valence-electron chi connectivity index (χ0n) is 15.4. The van der Waals surface area contributed by atoms with Crippen molar-refractivity contribution in [3.63, 3.8) is 0 Å². The Morgan fingerprint density at radius 3 is 2.89 bits per heavy atom. The summed E-state index contributed by atoms with van der Waals surface area (Å²) >= 11 is 7.37. The minimum atomic E-state index is -0.121. The maximum absolute atomic E-state index is 12.9. The van der Waals surface area contributed by atoms with E-state index in [2.05, 4.69) is 16.3 Å². The number of furan rings is 1. The number of aryl methyl sites for hydroxylation is 1. The number of nitrogens with zero attached hydrogens (tertiary/aromatic N) is 5. The van der Waals surface area contributed by atoms with Gasteiger partial charge >= 0.3 is 0 Å². The van der Waals surface area contributed by atoms with Gasteiger partial charge in [-0.2, -0.15) is 5.26 Å². The van der Waals surface area contributed by atoms with Crippen molar-refractivity contribution in [1.82, 2.24) is 14.8 Å². The number of carbonyl (C=O) groups is 1. The van der Waals surface area contributed by atoms with E-state index in [-0.39, 0.29) is 18.1 Å². The predicted molar refractivity (Wildman–Crippen MR) is 108 cm³/mol. The molecule has 0 aliphatic rings. The van der Waals surface area contributed by atoms with Crippen molar-refractivity contribution in [3.8, 4) is 17.7 Å². The molecule has 2 heterocycles. The summed E-state index contributed by atoms with van der Waals surface area (Å²) in [6.07, 6.45) is 1.81. The van der Waals surface area contributed by atoms with Crippen molar-refractivity contribution < 1.29 is 9.21 Å². The average molecular weight is 416 g/mol. The molecule has 144 valence electrons. The van der Waals surface area contributed by atoms with E-state index < -0.39 is 0 Å². The van der Waals surface area contributed by atoms with Gasteiger partial charge in [-0.1, -0.05) is 23.4 Å². The van der Waals surface area contributed by atoms with Crippen molar-refractivity contribution >= 4 is 35.0 Å². The molecule has 0 bridgehead atoms. The Labute approximate surface area is 171 Å². The first-order valence-corrected chi connectivity index (χ1v) is 9.87. The quantitative estimate of drug-likeness (QED) is 0.540. The highest BCUT2D eigenvalue weighted by Gasteiger charge is 2.19. The van der Waals surface area contributed by atoms with Gasteiger partial charge < -0.3 is 13.9 Å². The SMILES string of the molecule is Cc1cc(N(CCC#N)C(=O)CSc2nnc(-c3ccco3)n2C)ccc1Cl. The molecule has 3 rings (SSSR count). The molecular weight excluding hydrogens is 398 g/mol. The van der Waals surface area contributed by atoms with Crippen molar-refractivity contribution in [2.75, 3.05) is 17.2 Å². The van der Waals surface area contributed by atoms with Crippen LogP contribution in [0.25, 0.3) is 11.6 Å². The molecule has 0 saturated carbocycles. The molecule has 0 aliphatic carbocycles. The summed E-state index contributed by atoms with van der Waals surface area (Å²) < 4.78 is 7.13. The topological polar surface area (TPSA) is 87.9 Å². The Hall–Kier alpha value is -2.76. The van der Waals surface area contributed by atoms with Crippen LogP contribution >= 0.6 is 23.4 Å². The summed E-state index contributed by atoms with van der Waals surface area (Å²) in [7, 11) is 1.82. The third kappa shape index (κ3) is 4.38. The number of amides is 1. The Bertz CT molecular complexity index is 1010. The summed E-state index contributed by atoms with van der Waals surface area (Å²) in [5.41, 5.74) is 1.59. The molecule has 0 aliphatic heterocycles. The monoisotopic (exact) mass is 415 g/mol. The normalized spacial score (nSPS) is 10.6. The van der Waals surface area contributed by atoms with Crippen LogP contribution in [0.15, 0.2) is 46.2 Å². The van der Waals surface area contributed by atoms with Crippen LogP contribution < -0.4 is 4.90 Å². The van der Waals surface area contributed by atoms with E-state index >= 15 is 0 Å². The highest BCUT2D eigenvalue weighted by molar-refractivity contribution is 7.99. The van der Waals surface area contributed by atoms with Crippen molar-refractivity contribution in [1.29, 1.82) is 5.26 Å². The van der Waals surface area contributed by atoms with Gasteiger partial charge in [0.25, 0.3) is 0 Å². The molecule has 0 N–H and O–H groups in total. The molecule has 0 atom stereocenters. The smallest absolute Gasteiger partial charge is 0.237 e. The van der Waals surface area contributed by atoms with E-state index in [1.807, 2.05) is 20.0 Å². The number of hydrogen-bond donors (Lipinski definition) is 0. The van der Waals surface area contributed by atoms with Crippen LogP contribution in [0.3, 0.4) is 0 Å². The van der Waals surface area contributed by atoms with E-state index in [1.54, 1.807) is 40.0 Å². The third-order valence-corrected chi connectivity index (χ3v) is 5.53. The highest BCUT2D eigenvalue weighted by atomic mass is 35.5. The second-order valence-corrected chi connectivity index (χ2v) is 7.37. The number of benzene rings is 1. The van der Waals surface area contributed by atoms with Gasteiger partial charge in [0.05, 0.1) is 24.5 Å². The lowest BCUT2D eigenvalue weighted by Crippen LogP contribution is -2.33. The second-order valence-electron chi connectivity index (χ2n) is 6.02. The maximum atomic E-state index is 12.9. The van der Waals surface area contributed by atoms with Crippen molar-refractivity contribution in [2.45, 2.75) is 18.5 Å². The van der Waals surface area contributed by atoms with Gasteiger partial charge in [-0.15, -0.1) is 10.2 Å². The summed E-state index contributed by atoms with van der Waals surface area (Å²) in [5.74, 6) is 1.25. The molecule has 0 saturated heterocycles. The van der Waals surface area contributed by atoms with E-state index in [9.17, 15) is 4.79 Å². The number of hydrogen-bond acceptors (Lipinski definition) is 6. The predicted octanol–water partition coefficient (Wildman–Crippen LogP) is 4.08. The number of thioether (sulfide) groups is 1. The minimum absolute atomic E-state index is 0.121. The highest BCUT2D eigenvalue weighted by Crippen LogP contribution is 2.26. The molecule has 1 aromatic carbocycles. The molecule has 2 aromatic heterocycles. The number of nitriles is 1. The van der Waals surface area contributed by atoms with Crippen LogP contribution in [0.1, 0.15) is 12.0 Å². The standard InChI is InChI=1S/C19H18ClN5O2S/c1-13-11-14(6-7-15(13)20)25(9-4-8-21)17(26)12-28-19-23-22-18(24(19)2)16-5-3-10-27-16/h3,5-7,10-11H,4,9,12H2,1-2H3. The van der Waals surface area contributed by atoms with Gasteiger partial charge in [-0.3, -0.25) is 4.79 Å². The first-order valence-electron chi connectivity index (χ1n) is 8.50. The van der Waals surface area contributed by atoms with Crippen molar-refractivity contribution in [2.24, 2.45) is 7.05 Å². The third-order valence-electron chi connectivity index (χ3n) is 4.10. The molecule has 1 amide bonds. The minimum Gasteiger partial charge on any atom is -0.461 e. The molecule has 0 unspecified atom stereocenters. The number of carbonyl (C=O) groups excluding carboxylic acids is 1. The fourth-order valence-electron chi connectivity index (χ4n) is 2.62. The number of aromatic nitrogens is 3. The Morgan fingerprint density at radius 1 is 1.39 bits per heavy atom. The lowest BCUT2D eigenvalue weighted by Gasteiger charge is -2.22. The summed E-state index contributed by atoms with van der Waals surface area (Å²) in [6.45, 7) is 2.19. The number of halogens is 1. The molecule has 7 nitrogen and oxygen atoms in total. The molecule has 0 fully saturated rings. The largest absolute Gasteiger partial charge is 0.461 e. The summed E-state index contributed by atoms with van der Waals surface area (Å²) in [6, 6.07) is 11.1. The fourth-order valence-corrected chi connectivity index (χ4v) is 3.53. The molecular formula is C19H18ClN5O2S. The van der Waals surface area contributed by atoms with Crippen LogP contribution in [0.4, 0.5) is 5.69 Å². The zero-order chi connectivity index (χ0) is 20.1. The fraction of sp³-hybridized carbons (Fsp3) is 0.263. The Kier molecular flexibility index (Phi) is 6.39. The first kappa shape index (κ1) is 20.0. The van der Waals surface area contributed by atoms with Gasteiger partial charge in [0.15, 0.2) is 16.7 Å². The van der Waals surface area contributed by atoms with Crippen LogP contribution in [0.5, 0.6) is 0 Å². The van der Waals surface area contributed by atoms with Crippen LogP contribution in [0.2, 0.25) is 5.02 Å². The molecule has 0 spiro atoms. The second kappa shape index (κ2) is 8.95. The van der Waals surface area contributed by atoms with Gasteiger partial charge in [0.1, 0.15) is 0 Å². The lowest BCUT2D eigenvalue weighted by molar-refractivity contribution is -0.116. The summed E-state index contributed by atoms with van der Waals surface area (Å²) in [5, 5.41) is 18.4. The number of rotatable bonds is 7. The maximum Gasteiger partial charge on any atom is 0.237 e. The first-order chi connectivity index (χ1) is 13.5. The van der Waals surface area contributed by atoms with E-state index in [0.717, 1.165) is 11.3 Å². The van der Waals surface area contributed by atoms with E-state index in [1.165, 1.54) is 11.8 Å². The van der Waals surface area contributed by atoms with E-state index in [0.29, 0.717) is 28.3 Å². The molecule has 9 heteroatoms. The molecule has 0 radical (unpaired) electrons. The van der Waals surface area contributed by atoms with Gasteiger partial charge in [-0.05, 0) is 42.8 Å². The zero-order valence-corrected chi connectivity index (χ0v) is 17.0. The van der Waals surface area contributed by atoms with E-state index in [4.69, 9.17) is 21.3 Å². The van der Waals surface area contributed by atoms with Gasteiger partial charge in [0, 0.05) is 24.3 Å². The van der Waals surface area contributed by atoms with Crippen LogP contribution in [-0.2, 0) is 11.8 Å². The molecule has 3 aromatic rings. The average Bonchev–Trinajstić information content (AvgIpc) is 3.33. The Morgan fingerprint density at radius 2 is 2.21 bits per heavy atom. The summed E-state index contributed by atoms with van der Waals surface area (Å²) in [4.78, 5) is 14.5. The van der Waals surface area contributed by atoms with Crippen molar-refractivity contribution in [3.05, 3.63) is 47.2 Å².